The molecule has 0 aromatic heterocycles. The van der Waals surface area contributed by atoms with Crippen molar-refractivity contribution in [3.63, 3.8) is 0 Å². The van der Waals surface area contributed by atoms with Crippen molar-refractivity contribution < 1.29 is 19.1 Å². The average molecular weight is 440 g/mol. The second kappa shape index (κ2) is 8.75. The third-order valence-corrected chi connectivity index (χ3v) is 6.16. The highest BCUT2D eigenvalue weighted by atomic mass is 35.5. The number of benzene rings is 2. The molecule has 0 aliphatic carbocycles. The minimum Gasteiger partial charge on any atom is -0.494 e. The van der Waals surface area contributed by atoms with E-state index in [0.717, 1.165) is 16.9 Å². The molecule has 1 spiro atoms. The molecule has 0 bridgehead atoms. The zero-order valence-electron chi connectivity index (χ0n) is 17.8. The molecule has 1 fully saturated rings. The third-order valence-electron chi connectivity index (χ3n) is 5.94. The minimum atomic E-state index is -0.543. The van der Waals surface area contributed by atoms with E-state index in [4.69, 9.17) is 21.1 Å². The first kappa shape index (κ1) is 21.4. The van der Waals surface area contributed by atoms with E-state index in [0.29, 0.717) is 55.3 Å². The van der Waals surface area contributed by atoms with Crippen LogP contribution in [0.1, 0.15) is 47.7 Å². The fraction of sp³-hybridized carbons (Fsp3) is 0.360. The van der Waals surface area contributed by atoms with Gasteiger partial charge in [-0.2, -0.15) is 0 Å². The zero-order chi connectivity index (χ0) is 22.0. The van der Waals surface area contributed by atoms with E-state index in [9.17, 15) is 9.59 Å². The lowest BCUT2D eigenvalue weighted by Gasteiger charge is -2.44. The van der Waals surface area contributed by atoms with Gasteiger partial charge in [-0.15, -0.1) is 0 Å². The predicted octanol–water partition coefficient (Wildman–Crippen LogP) is 5.09. The van der Waals surface area contributed by atoms with Gasteiger partial charge >= 0.3 is 0 Å². The van der Waals surface area contributed by atoms with Crippen molar-refractivity contribution in [2.75, 3.05) is 19.7 Å². The summed E-state index contributed by atoms with van der Waals surface area (Å²) in [5, 5.41) is 0.545. The smallest absolute Gasteiger partial charge is 0.246 e. The first-order valence-electron chi connectivity index (χ1n) is 10.6. The Morgan fingerprint density at radius 3 is 2.61 bits per heavy atom. The second-order valence-corrected chi connectivity index (χ2v) is 8.58. The maximum Gasteiger partial charge on any atom is 0.246 e. The molecule has 2 aliphatic heterocycles. The number of halogens is 1. The molecule has 2 aromatic carbocycles. The lowest BCUT2D eigenvalue weighted by molar-refractivity contribution is -0.129. The number of likely N-dealkylation sites (tertiary alicyclic amines) is 1. The van der Waals surface area contributed by atoms with E-state index in [2.05, 4.69) is 0 Å². The lowest BCUT2D eigenvalue weighted by atomic mass is 9.82. The topological polar surface area (TPSA) is 55.8 Å². The quantitative estimate of drug-likeness (QED) is 0.623. The van der Waals surface area contributed by atoms with Crippen LogP contribution in [0.2, 0.25) is 5.02 Å². The zero-order valence-corrected chi connectivity index (χ0v) is 18.6. The Labute approximate surface area is 187 Å². The first-order valence-corrected chi connectivity index (χ1v) is 11.0. The molecule has 0 radical (unpaired) electrons. The molecule has 1 amide bonds. The number of carbonyl (C=O) groups excluding carboxylic acids is 2. The van der Waals surface area contributed by atoms with Gasteiger partial charge in [-0.25, -0.2) is 0 Å². The molecule has 5 nitrogen and oxygen atoms in total. The number of fused-ring (bicyclic) bond motifs is 1. The van der Waals surface area contributed by atoms with Crippen molar-refractivity contribution >= 4 is 29.4 Å². The van der Waals surface area contributed by atoms with Crippen molar-refractivity contribution in [2.45, 2.75) is 38.7 Å². The molecule has 2 heterocycles. The van der Waals surface area contributed by atoms with Gasteiger partial charge in [-0.3, -0.25) is 9.59 Å². The average Bonchev–Trinajstić information content (AvgIpc) is 2.75. The van der Waals surface area contributed by atoms with E-state index in [1.54, 1.807) is 12.1 Å². The van der Waals surface area contributed by atoms with Crippen LogP contribution in [0.5, 0.6) is 11.5 Å². The number of ketones is 1. The summed E-state index contributed by atoms with van der Waals surface area (Å²) in [6.07, 6.45) is 4.99. The highest BCUT2D eigenvalue weighted by Gasteiger charge is 2.44. The Bertz CT molecular complexity index is 1020. The molecule has 0 saturated carbocycles. The SMILES string of the molecule is CCOc1ccc(/C=C/C(=O)N2CCC3(CC2)CC(=O)c2cc(Cl)cc(C)c2O3)cc1. The molecule has 1 saturated heterocycles. The molecule has 162 valence electrons. The van der Waals surface area contributed by atoms with Gasteiger partial charge in [0.15, 0.2) is 5.78 Å². The summed E-state index contributed by atoms with van der Waals surface area (Å²) < 4.78 is 11.8. The maximum atomic E-state index is 12.8. The number of ether oxygens (including phenoxy) is 2. The van der Waals surface area contributed by atoms with E-state index in [-0.39, 0.29) is 11.7 Å². The standard InChI is InChI=1S/C25H26ClNO4/c1-3-30-20-7-4-18(5-8-20)6-9-23(29)27-12-10-25(11-13-27)16-22(28)21-15-19(26)14-17(2)24(21)31-25/h4-9,14-15H,3,10-13,16H2,1-2H3/b9-6+. The number of carbonyl (C=O) groups is 2. The molecule has 6 heteroatoms. The van der Waals surface area contributed by atoms with Gasteiger partial charge in [0, 0.05) is 37.0 Å². The Kier molecular flexibility index (Phi) is 6.05. The van der Waals surface area contributed by atoms with Crippen LogP contribution in [-0.4, -0.2) is 41.9 Å². The van der Waals surface area contributed by atoms with Gasteiger partial charge in [0.05, 0.1) is 18.6 Å². The van der Waals surface area contributed by atoms with E-state index in [1.165, 1.54) is 0 Å². The largest absolute Gasteiger partial charge is 0.494 e. The van der Waals surface area contributed by atoms with Crippen LogP contribution >= 0.6 is 11.6 Å². The summed E-state index contributed by atoms with van der Waals surface area (Å²) in [5.41, 5.74) is 1.83. The summed E-state index contributed by atoms with van der Waals surface area (Å²) in [6, 6.07) is 11.1. The number of hydrogen-bond donors (Lipinski definition) is 0. The lowest BCUT2D eigenvalue weighted by Crippen LogP contribution is -2.52. The molecular weight excluding hydrogens is 414 g/mol. The van der Waals surface area contributed by atoms with E-state index < -0.39 is 5.60 Å². The number of rotatable bonds is 4. The van der Waals surface area contributed by atoms with E-state index in [1.807, 2.05) is 55.2 Å². The van der Waals surface area contributed by atoms with Crippen molar-refractivity contribution in [2.24, 2.45) is 0 Å². The van der Waals surface area contributed by atoms with E-state index >= 15 is 0 Å². The molecule has 0 unspecified atom stereocenters. The Balaban J connectivity index is 1.39. The van der Waals surface area contributed by atoms with Crippen LogP contribution in [0.25, 0.3) is 6.08 Å². The van der Waals surface area contributed by atoms with Gasteiger partial charge in [0.2, 0.25) is 5.91 Å². The van der Waals surface area contributed by atoms with Crippen molar-refractivity contribution in [3.05, 3.63) is 64.2 Å². The number of hydrogen-bond acceptors (Lipinski definition) is 4. The molecule has 2 aromatic rings. The summed E-state index contributed by atoms with van der Waals surface area (Å²) in [4.78, 5) is 27.2. The summed E-state index contributed by atoms with van der Waals surface area (Å²) in [7, 11) is 0. The Morgan fingerprint density at radius 2 is 1.94 bits per heavy atom. The Morgan fingerprint density at radius 1 is 1.23 bits per heavy atom. The third kappa shape index (κ3) is 4.62. The van der Waals surface area contributed by atoms with Crippen LogP contribution in [0, 0.1) is 6.92 Å². The van der Waals surface area contributed by atoms with Gasteiger partial charge in [0.1, 0.15) is 17.1 Å². The van der Waals surface area contributed by atoms with Crippen LogP contribution in [0.15, 0.2) is 42.5 Å². The highest BCUT2D eigenvalue weighted by molar-refractivity contribution is 6.31. The normalized spacial score (nSPS) is 17.5. The number of nitrogens with zero attached hydrogens (tertiary/aromatic N) is 1. The van der Waals surface area contributed by atoms with Gasteiger partial charge in [-0.1, -0.05) is 23.7 Å². The second-order valence-electron chi connectivity index (χ2n) is 8.15. The number of aryl methyl sites for hydroxylation is 1. The molecule has 0 atom stereocenters. The van der Waals surface area contributed by atoms with Gasteiger partial charge < -0.3 is 14.4 Å². The molecule has 2 aliphatic rings. The van der Waals surface area contributed by atoms with Gasteiger partial charge in [-0.05, 0) is 55.3 Å². The summed E-state index contributed by atoms with van der Waals surface area (Å²) >= 11 is 6.11. The summed E-state index contributed by atoms with van der Waals surface area (Å²) in [5.74, 6) is 1.47. The minimum absolute atomic E-state index is 0.0331. The molecule has 0 N–H and O–H groups in total. The fourth-order valence-electron chi connectivity index (χ4n) is 4.24. The maximum absolute atomic E-state index is 12.8. The van der Waals surface area contributed by atoms with Crippen molar-refractivity contribution in [3.8, 4) is 11.5 Å². The van der Waals surface area contributed by atoms with Crippen LogP contribution in [0.4, 0.5) is 0 Å². The van der Waals surface area contributed by atoms with Crippen LogP contribution < -0.4 is 9.47 Å². The van der Waals surface area contributed by atoms with Crippen LogP contribution in [-0.2, 0) is 4.79 Å². The van der Waals surface area contributed by atoms with Gasteiger partial charge in [0.25, 0.3) is 0 Å². The monoisotopic (exact) mass is 439 g/mol. The number of piperidine rings is 1. The molecule has 4 rings (SSSR count). The fourth-order valence-corrected chi connectivity index (χ4v) is 4.51. The predicted molar refractivity (Wildman–Crippen MR) is 121 cm³/mol. The summed E-state index contributed by atoms with van der Waals surface area (Å²) in [6.45, 7) is 5.59. The highest BCUT2D eigenvalue weighted by Crippen LogP contribution is 2.42. The number of Topliss-reactive ketones (excluding diaryl/α,β-unsaturated/α-hetero) is 1. The van der Waals surface area contributed by atoms with Crippen LogP contribution in [0.3, 0.4) is 0 Å². The van der Waals surface area contributed by atoms with Crippen molar-refractivity contribution in [1.82, 2.24) is 4.90 Å². The number of amides is 1. The molecular formula is C25H26ClNO4. The first-order chi connectivity index (χ1) is 14.9. The molecule has 31 heavy (non-hydrogen) atoms. The Hall–Kier alpha value is -2.79. The van der Waals surface area contributed by atoms with Crippen molar-refractivity contribution in [1.29, 1.82) is 0 Å².